The molecule has 2 heterocycles. The molecular formula is C22H31N3O3. The van der Waals surface area contributed by atoms with Crippen molar-refractivity contribution in [3.05, 3.63) is 35.9 Å². The normalized spacial score (nSPS) is 24.9. The standard InChI is InChI=1S/C22H31N3O3/c1-23-15-19(21(27)24(2)14-17-6-4-3-5-7-17)28-22(16-23)10-12-25(13-11-22)20(26)18-8-9-18/h3-7,18-19H,8-16H2,1-2H3/t19-/m0/s1. The zero-order chi connectivity index (χ0) is 19.7. The number of nitrogens with zero attached hydrogens (tertiary/aromatic N) is 3. The summed E-state index contributed by atoms with van der Waals surface area (Å²) in [6.45, 7) is 3.50. The van der Waals surface area contributed by atoms with Crippen molar-refractivity contribution in [1.82, 2.24) is 14.7 Å². The average molecular weight is 386 g/mol. The minimum absolute atomic E-state index is 0.0336. The minimum Gasteiger partial charge on any atom is -0.359 e. The molecular weight excluding hydrogens is 354 g/mol. The molecule has 0 radical (unpaired) electrons. The van der Waals surface area contributed by atoms with E-state index in [1.165, 1.54) is 0 Å². The van der Waals surface area contributed by atoms with Crippen molar-refractivity contribution in [2.45, 2.75) is 43.9 Å². The number of hydrogen-bond acceptors (Lipinski definition) is 4. The lowest BCUT2D eigenvalue weighted by molar-refractivity contribution is -0.189. The zero-order valence-electron chi connectivity index (χ0n) is 17.0. The first-order valence-electron chi connectivity index (χ1n) is 10.4. The van der Waals surface area contributed by atoms with E-state index >= 15 is 0 Å². The summed E-state index contributed by atoms with van der Waals surface area (Å²) in [5.74, 6) is 0.616. The lowest BCUT2D eigenvalue weighted by Crippen LogP contribution is -2.62. The highest BCUT2D eigenvalue weighted by molar-refractivity contribution is 5.81. The number of benzene rings is 1. The Bertz CT molecular complexity index is 711. The van der Waals surface area contributed by atoms with E-state index in [1.807, 2.05) is 42.3 Å². The third-order valence-electron chi connectivity index (χ3n) is 6.25. The van der Waals surface area contributed by atoms with Gasteiger partial charge in [-0.05, 0) is 38.3 Å². The van der Waals surface area contributed by atoms with Crippen molar-refractivity contribution in [2.24, 2.45) is 5.92 Å². The van der Waals surface area contributed by atoms with Gasteiger partial charge in [0.1, 0.15) is 6.10 Å². The van der Waals surface area contributed by atoms with Gasteiger partial charge in [-0.2, -0.15) is 0 Å². The van der Waals surface area contributed by atoms with E-state index < -0.39 is 6.10 Å². The quantitative estimate of drug-likeness (QED) is 0.792. The maximum atomic E-state index is 13.1. The number of amides is 2. The van der Waals surface area contributed by atoms with Crippen LogP contribution in [0.3, 0.4) is 0 Å². The van der Waals surface area contributed by atoms with Crippen molar-refractivity contribution >= 4 is 11.8 Å². The van der Waals surface area contributed by atoms with Crippen molar-refractivity contribution in [3.8, 4) is 0 Å². The van der Waals surface area contributed by atoms with Gasteiger partial charge in [0.05, 0.1) is 5.60 Å². The summed E-state index contributed by atoms with van der Waals surface area (Å²) in [6.07, 6.45) is 3.26. The summed E-state index contributed by atoms with van der Waals surface area (Å²) in [4.78, 5) is 31.4. The van der Waals surface area contributed by atoms with Crippen LogP contribution in [0.25, 0.3) is 0 Å². The maximum Gasteiger partial charge on any atom is 0.253 e. The van der Waals surface area contributed by atoms with E-state index in [0.29, 0.717) is 19.0 Å². The third kappa shape index (κ3) is 4.23. The van der Waals surface area contributed by atoms with Gasteiger partial charge in [-0.3, -0.25) is 9.59 Å². The predicted molar refractivity (Wildman–Crippen MR) is 107 cm³/mol. The Hall–Kier alpha value is -1.92. The fourth-order valence-electron chi connectivity index (χ4n) is 4.52. The molecule has 0 unspecified atom stereocenters. The van der Waals surface area contributed by atoms with E-state index in [0.717, 1.165) is 50.9 Å². The molecule has 0 bridgehead atoms. The Kier molecular flexibility index (Phi) is 5.43. The van der Waals surface area contributed by atoms with Crippen LogP contribution in [-0.4, -0.2) is 78.5 Å². The van der Waals surface area contributed by atoms with Crippen LogP contribution in [0, 0.1) is 5.92 Å². The summed E-state index contributed by atoms with van der Waals surface area (Å²) in [6, 6.07) is 10.0. The van der Waals surface area contributed by atoms with Gasteiger partial charge in [0.2, 0.25) is 5.91 Å². The van der Waals surface area contributed by atoms with Crippen molar-refractivity contribution in [2.75, 3.05) is 40.3 Å². The lowest BCUT2D eigenvalue weighted by Gasteiger charge is -2.49. The van der Waals surface area contributed by atoms with Crippen LogP contribution in [0.15, 0.2) is 30.3 Å². The molecule has 1 saturated carbocycles. The number of likely N-dealkylation sites (tertiary alicyclic amines) is 1. The zero-order valence-corrected chi connectivity index (χ0v) is 17.0. The van der Waals surface area contributed by atoms with Crippen LogP contribution < -0.4 is 0 Å². The second kappa shape index (κ2) is 7.84. The van der Waals surface area contributed by atoms with Gasteiger partial charge in [-0.25, -0.2) is 0 Å². The van der Waals surface area contributed by atoms with E-state index in [4.69, 9.17) is 4.74 Å². The smallest absolute Gasteiger partial charge is 0.253 e. The molecule has 4 rings (SSSR count). The third-order valence-corrected chi connectivity index (χ3v) is 6.25. The van der Waals surface area contributed by atoms with Gasteiger partial charge in [0, 0.05) is 45.7 Å². The maximum absolute atomic E-state index is 13.1. The second-order valence-corrected chi connectivity index (χ2v) is 8.77. The first-order chi connectivity index (χ1) is 13.5. The second-order valence-electron chi connectivity index (χ2n) is 8.77. The molecule has 1 spiro atoms. The van der Waals surface area contributed by atoms with Crippen LogP contribution in [0.1, 0.15) is 31.2 Å². The molecule has 2 aliphatic heterocycles. The molecule has 6 heteroatoms. The molecule has 1 aromatic rings. The summed E-state index contributed by atoms with van der Waals surface area (Å²) < 4.78 is 6.44. The van der Waals surface area contributed by atoms with Gasteiger partial charge in [-0.15, -0.1) is 0 Å². The Balaban J connectivity index is 1.37. The number of carbonyl (C=O) groups excluding carboxylic acids is 2. The molecule has 1 aliphatic carbocycles. The highest BCUT2D eigenvalue weighted by Gasteiger charge is 2.46. The fourth-order valence-corrected chi connectivity index (χ4v) is 4.52. The minimum atomic E-state index is -0.446. The van der Waals surface area contributed by atoms with Crippen molar-refractivity contribution in [3.63, 3.8) is 0 Å². The molecule has 2 amide bonds. The first-order valence-corrected chi connectivity index (χ1v) is 10.4. The Morgan fingerprint density at radius 2 is 1.86 bits per heavy atom. The van der Waals surface area contributed by atoms with Crippen molar-refractivity contribution in [1.29, 1.82) is 0 Å². The van der Waals surface area contributed by atoms with E-state index in [2.05, 4.69) is 11.9 Å². The number of rotatable bonds is 4. The van der Waals surface area contributed by atoms with E-state index in [1.54, 1.807) is 4.90 Å². The molecule has 1 atom stereocenters. The number of likely N-dealkylation sites (N-methyl/N-ethyl adjacent to an activating group) is 2. The van der Waals surface area contributed by atoms with E-state index in [9.17, 15) is 9.59 Å². The molecule has 28 heavy (non-hydrogen) atoms. The van der Waals surface area contributed by atoms with Gasteiger partial charge in [0.25, 0.3) is 5.91 Å². The Labute approximate surface area is 167 Å². The molecule has 1 aromatic carbocycles. The first kappa shape index (κ1) is 19.4. The van der Waals surface area contributed by atoms with Crippen LogP contribution in [0.5, 0.6) is 0 Å². The number of piperidine rings is 1. The van der Waals surface area contributed by atoms with Crippen LogP contribution >= 0.6 is 0 Å². The summed E-state index contributed by atoms with van der Waals surface area (Å²) in [5.41, 5.74) is 0.797. The molecule has 0 aromatic heterocycles. The molecule has 6 nitrogen and oxygen atoms in total. The average Bonchev–Trinajstić information content (AvgIpc) is 3.53. The predicted octanol–water partition coefficient (Wildman–Crippen LogP) is 1.75. The summed E-state index contributed by atoms with van der Waals surface area (Å²) in [7, 11) is 3.90. The van der Waals surface area contributed by atoms with Crippen LogP contribution in [0.4, 0.5) is 0 Å². The number of ether oxygens (including phenoxy) is 1. The monoisotopic (exact) mass is 385 g/mol. The van der Waals surface area contributed by atoms with Gasteiger partial charge in [0.15, 0.2) is 0 Å². The highest BCUT2D eigenvalue weighted by atomic mass is 16.5. The van der Waals surface area contributed by atoms with Crippen LogP contribution in [-0.2, 0) is 20.9 Å². The molecule has 2 saturated heterocycles. The SMILES string of the molecule is CN1C[C@@H](C(=O)N(C)Cc2ccccc2)OC2(CCN(C(=O)C3CC3)CC2)C1. The summed E-state index contributed by atoms with van der Waals surface area (Å²) in [5, 5.41) is 0. The van der Waals surface area contributed by atoms with E-state index in [-0.39, 0.29) is 17.4 Å². The molecule has 0 N–H and O–H groups in total. The fraction of sp³-hybridized carbons (Fsp3) is 0.636. The number of carbonyl (C=O) groups is 2. The Morgan fingerprint density at radius 1 is 1.18 bits per heavy atom. The van der Waals surface area contributed by atoms with Gasteiger partial charge >= 0.3 is 0 Å². The lowest BCUT2D eigenvalue weighted by atomic mass is 9.88. The van der Waals surface area contributed by atoms with Gasteiger partial charge in [-0.1, -0.05) is 30.3 Å². The molecule has 3 aliphatic rings. The van der Waals surface area contributed by atoms with Gasteiger partial charge < -0.3 is 19.4 Å². The highest BCUT2D eigenvalue weighted by Crippen LogP contribution is 2.36. The topological polar surface area (TPSA) is 53.1 Å². The van der Waals surface area contributed by atoms with Crippen molar-refractivity contribution < 1.29 is 14.3 Å². The number of hydrogen-bond donors (Lipinski definition) is 0. The largest absolute Gasteiger partial charge is 0.359 e. The molecule has 152 valence electrons. The molecule has 3 fully saturated rings. The Morgan fingerprint density at radius 3 is 2.50 bits per heavy atom. The number of morpholine rings is 1. The summed E-state index contributed by atoms with van der Waals surface area (Å²) >= 11 is 0. The van der Waals surface area contributed by atoms with Crippen LogP contribution in [0.2, 0.25) is 0 Å².